The fraction of sp³-hybridized carbons (Fsp3) is 0.200. The summed E-state index contributed by atoms with van der Waals surface area (Å²) in [5.41, 5.74) is 7.84. The van der Waals surface area contributed by atoms with Crippen molar-refractivity contribution < 1.29 is 4.39 Å². The molecule has 0 aromatic heterocycles. The van der Waals surface area contributed by atoms with Gasteiger partial charge in [-0.05, 0) is 28.8 Å². The van der Waals surface area contributed by atoms with Gasteiger partial charge in [0.15, 0.2) is 0 Å². The van der Waals surface area contributed by atoms with E-state index < -0.39 is 0 Å². The first kappa shape index (κ1) is 15.7. The third-order valence-corrected chi connectivity index (χ3v) is 4.17. The van der Waals surface area contributed by atoms with Gasteiger partial charge in [0.25, 0.3) is 0 Å². The monoisotopic (exact) mass is 308 g/mol. The van der Waals surface area contributed by atoms with E-state index in [0.29, 0.717) is 18.7 Å². The molecule has 1 atom stereocenters. The molecule has 3 heteroatoms. The summed E-state index contributed by atoms with van der Waals surface area (Å²) >= 11 is 0. The normalized spacial score (nSPS) is 12.4. The van der Waals surface area contributed by atoms with E-state index in [9.17, 15) is 4.39 Å². The lowest BCUT2D eigenvalue weighted by Crippen LogP contribution is -2.37. The molecule has 2 nitrogen and oxygen atoms in total. The van der Waals surface area contributed by atoms with Gasteiger partial charge in [-0.3, -0.25) is 0 Å². The standard InChI is InChI=1S/C20H21FN2/c21-20-11-4-2-7-17(20)14-23-18(13-22)12-16-9-5-8-15-6-1-3-10-19(15)16/h1-11,18,23H,12-14,22H2. The molecule has 23 heavy (non-hydrogen) atoms. The second-order valence-corrected chi connectivity index (χ2v) is 5.75. The van der Waals surface area contributed by atoms with Crippen molar-refractivity contribution in [2.24, 2.45) is 5.73 Å². The zero-order valence-corrected chi connectivity index (χ0v) is 13.0. The van der Waals surface area contributed by atoms with Crippen LogP contribution in [0.1, 0.15) is 11.1 Å². The Balaban J connectivity index is 1.73. The van der Waals surface area contributed by atoms with E-state index in [-0.39, 0.29) is 11.9 Å². The summed E-state index contributed by atoms with van der Waals surface area (Å²) in [6.45, 7) is 0.997. The zero-order valence-electron chi connectivity index (χ0n) is 13.0. The first-order valence-electron chi connectivity index (χ1n) is 7.91. The van der Waals surface area contributed by atoms with Crippen molar-refractivity contribution in [2.45, 2.75) is 19.0 Å². The molecule has 0 aliphatic heterocycles. The smallest absolute Gasteiger partial charge is 0.127 e. The molecule has 3 aromatic rings. The van der Waals surface area contributed by atoms with Crippen LogP contribution in [0.2, 0.25) is 0 Å². The minimum atomic E-state index is -0.180. The molecule has 3 rings (SSSR count). The predicted octanol–water partition coefficient (Wildman–Crippen LogP) is 3.64. The van der Waals surface area contributed by atoms with Gasteiger partial charge in [-0.1, -0.05) is 60.7 Å². The van der Waals surface area contributed by atoms with E-state index in [4.69, 9.17) is 5.73 Å². The fourth-order valence-electron chi connectivity index (χ4n) is 2.87. The molecular formula is C20H21FN2. The summed E-state index contributed by atoms with van der Waals surface area (Å²) in [4.78, 5) is 0. The lowest BCUT2D eigenvalue weighted by molar-refractivity contribution is 0.503. The molecule has 0 bridgehead atoms. The highest BCUT2D eigenvalue weighted by atomic mass is 19.1. The summed E-state index contributed by atoms with van der Waals surface area (Å²) in [6.07, 6.45) is 0.826. The largest absolute Gasteiger partial charge is 0.329 e. The van der Waals surface area contributed by atoms with E-state index in [1.807, 2.05) is 12.1 Å². The first-order valence-corrected chi connectivity index (χ1v) is 7.91. The highest BCUT2D eigenvalue weighted by molar-refractivity contribution is 5.85. The van der Waals surface area contributed by atoms with Crippen LogP contribution in [0.15, 0.2) is 66.7 Å². The molecule has 3 aromatic carbocycles. The van der Waals surface area contributed by atoms with Crippen molar-refractivity contribution in [3.8, 4) is 0 Å². The van der Waals surface area contributed by atoms with E-state index in [1.54, 1.807) is 12.1 Å². The zero-order chi connectivity index (χ0) is 16.1. The Hall–Kier alpha value is -2.23. The molecule has 3 N–H and O–H groups in total. The molecule has 0 aliphatic carbocycles. The third-order valence-electron chi connectivity index (χ3n) is 4.17. The second kappa shape index (κ2) is 7.36. The van der Waals surface area contributed by atoms with Crippen molar-refractivity contribution >= 4 is 10.8 Å². The number of rotatable bonds is 6. The Kier molecular flexibility index (Phi) is 5.01. The van der Waals surface area contributed by atoms with Gasteiger partial charge in [-0.25, -0.2) is 4.39 Å². The topological polar surface area (TPSA) is 38.0 Å². The van der Waals surface area contributed by atoms with Gasteiger partial charge in [0.2, 0.25) is 0 Å². The molecule has 0 saturated heterocycles. The van der Waals surface area contributed by atoms with Gasteiger partial charge < -0.3 is 11.1 Å². The lowest BCUT2D eigenvalue weighted by atomic mass is 9.98. The average molecular weight is 308 g/mol. The van der Waals surface area contributed by atoms with Gasteiger partial charge in [-0.15, -0.1) is 0 Å². The Labute approximate surface area is 136 Å². The minimum Gasteiger partial charge on any atom is -0.329 e. The van der Waals surface area contributed by atoms with Crippen LogP contribution in [-0.4, -0.2) is 12.6 Å². The summed E-state index contributed by atoms with van der Waals surface area (Å²) in [5.74, 6) is -0.180. The number of hydrogen-bond donors (Lipinski definition) is 2. The van der Waals surface area contributed by atoms with Crippen LogP contribution in [0.3, 0.4) is 0 Å². The van der Waals surface area contributed by atoms with Gasteiger partial charge in [0.05, 0.1) is 0 Å². The number of nitrogens with one attached hydrogen (secondary N) is 1. The van der Waals surface area contributed by atoms with Crippen LogP contribution in [0, 0.1) is 5.82 Å². The van der Waals surface area contributed by atoms with Crippen LogP contribution in [0.5, 0.6) is 0 Å². The average Bonchev–Trinajstić information content (AvgIpc) is 2.60. The van der Waals surface area contributed by atoms with E-state index in [1.165, 1.54) is 22.4 Å². The molecule has 118 valence electrons. The fourth-order valence-corrected chi connectivity index (χ4v) is 2.87. The molecule has 0 aliphatic rings. The van der Waals surface area contributed by atoms with Gasteiger partial charge in [-0.2, -0.15) is 0 Å². The summed E-state index contributed by atoms with van der Waals surface area (Å²) in [7, 11) is 0. The molecule has 1 unspecified atom stereocenters. The van der Waals surface area contributed by atoms with Crippen LogP contribution in [-0.2, 0) is 13.0 Å². The highest BCUT2D eigenvalue weighted by Gasteiger charge is 2.10. The predicted molar refractivity (Wildman–Crippen MR) is 93.7 cm³/mol. The van der Waals surface area contributed by atoms with Crippen molar-refractivity contribution in [3.05, 3.63) is 83.7 Å². The number of hydrogen-bond acceptors (Lipinski definition) is 2. The maximum Gasteiger partial charge on any atom is 0.127 e. The summed E-state index contributed by atoms with van der Waals surface area (Å²) < 4.78 is 13.7. The van der Waals surface area contributed by atoms with Gasteiger partial charge in [0.1, 0.15) is 5.82 Å². The molecule has 0 amide bonds. The second-order valence-electron chi connectivity index (χ2n) is 5.75. The van der Waals surface area contributed by atoms with Crippen LogP contribution >= 0.6 is 0 Å². The first-order chi connectivity index (χ1) is 11.3. The maximum absolute atomic E-state index is 13.7. The number of nitrogens with two attached hydrogens (primary N) is 1. The molecule has 0 heterocycles. The summed E-state index contributed by atoms with van der Waals surface area (Å²) in [6, 6.07) is 21.6. The SMILES string of the molecule is NCC(Cc1cccc2ccccc12)NCc1ccccc1F. The minimum absolute atomic E-state index is 0.111. The quantitative estimate of drug-likeness (QED) is 0.729. The van der Waals surface area contributed by atoms with Crippen LogP contribution in [0.25, 0.3) is 10.8 Å². The highest BCUT2D eigenvalue weighted by Crippen LogP contribution is 2.19. The molecular weight excluding hydrogens is 287 g/mol. The maximum atomic E-state index is 13.7. The molecule has 0 fully saturated rings. The Morgan fingerprint density at radius 3 is 2.39 bits per heavy atom. The van der Waals surface area contributed by atoms with Crippen molar-refractivity contribution in [3.63, 3.8) is 0 Å². The number of fused-ring (bicyclic) bond motifs is 1. The number of benzene rings is 3. The van der Waals surface area contributed by atoms with E-state index in [0.717, 1.165) is 6.42 Å². The van der Waals surface area contributed by atoms with Crippen molar-refractivity contribution in [1.82, 2.24) is 5.32 Å². The summed E-state index contributed by atoms with van der Waals surface area (Å²) in [5, 5.41) is 5.86. The van der Waals surface area contributed by atoms with E-state index >= 15 is 0 Å². The van der Waals surface area contributed by atoms with Crippen LogP contribution < -0.4 is 11.1 Å². The van der Waals surface area contributed by atoms with Gasteiger partial charge in [0, 0.05) is 24.7 Å². The number of halogens is 1. The lowest BCUT2D eigenvalue weighted by Gasteiger charge is -2.18. The Bertz CT molecular complexity index is 780. The van der Waals surface area contributed by atoms with Crippen molar-refractivity contribution in [1.29, 1.82) is 0 Å². The van der Waals surface area contributed by atoms with Gasteiger partial charge >= 0.3 is 0 Å². The molecule has 0 spiro atoms. The molecule has 0 radical (unpaired) electrons. The molecule has 0 saturated carbocycles. The Morgan fingerprint density at radius 2 is 1.57 bits per heavy atom. The van der Waals surface area contributed by atoms with Crippen LogP contribution in [0.4, 0.5) is 4.39 Å². The third kappa shape index (κ3) is 3.76. The Morgan fingerprint density at radius 1 is 0.870 bits per heavy atom. The van der Waals surface area contributed by atoms with Crippen molar-refractivity contribution in [2.75, 3.05) is 6.54 Å². The van der Waals surface area contributed by atoms with E-state index in [2.05, 4.69) is 41.7 Å².